The van der Waals surface area contributed by atoms with E-state index in [1.165, 1.54) is 33.5 Å². The predicted octanol–water partition coefficient (Wildman–Crippen LogP) is 8.64. The maximum atomic E-state index is 11.7. The van der Waals surface area contributed by atoms with Crippen molar-refractivity contribution in [3.05, 3.63) is 70.9 Å². The molecule has 0 bridgehead atoms. The molecule has 2 aromatic carbocycles. The highest BCUT2D eigenvalue weighted by atomic mass is 16.3. The first-order chi connectivity index (χ1) is 16.1. The number of aromatic hydroxyl groups is 1. The lowest BCUT2D eigenvalue weighted by molar-refractivity contribution is 0.443. The maximum Gasteiger partial charge on any atom is 0.203 e. The number of para-hydroxylation sites is 1. The summed E-state index contributed by atoms with van der Waals surface area (Å²) in [5, 5.41) is 11.7. The van der Waals surface area contributed by atoms with Gasteiger partial charge in [-0.25, -0.2) is 0 Å². The largest absolute Gasteiger partial charge is 0.494 e. The van der Waals surface area contributed by atoms with Crippen LogP contribution in [0.4, 0.5) is 0 Å². The summed E-state index contributed by atoms with van der Waals surface area (Å²) in [5.74, 6) is 2.58. The van der Waals surface area contributed by atoms with Gasteiger partial charge >= 0.3 is 0 Å². The summed E-state index contributed by atoms with van der Waals surface area (Å²) in [6, 6.07) is 15.4. The van der Waals surface area contributed by atoms with E-state index in [9.17, 15) is 5.11 Å². The van der Waals surface area contributed by atoms with Gasteiger partial charge in [-0.1, -0.05) is 91.8 Å². The number of nitrogens with zero attached hydrogens (tertiary/aromatic N) is 1. The van der Waals surface area contributed by atoms with Gasteiger partial charge in [0.05, 0.1) is 5.69 Å². The molecule has 0 aliphatic carbocycles. The van der Waals surface area contributed by atoms with Crippen LogP contribution in [0.3, 0.4) is 0 Å². The summed E-state index contributed by atoms with van der Waals surface area (Å²) in [4.78, 5) is 0. The summed E-state index contributed by atoms with van der Waals surface area (Å²) in [7, 11) is 0. The Balaban J connectivity index is 2.23. The molecule has 0 atom stereocenters. The molecule has 1 heterocycles. The Morgan fingerprint density at radius 3 is 1.38 bits per heavy atom. The quantitative estimate of drug-likeness (QED) is 0.322. The Hall–Kier alpha value is -2.48. The van der Waals surface area contributed by atoms with Crippen molar-refractivity contribution in [1.82, 2.24) is 4.57 Å². The van der Waals surface area contributed by atoms with E-state index in [0.29, 0.717) is 29.6 Å². The van der Waals surface area contributed by atoms with Gasteiger partial charge in [-0.15, -0.1) is 0 Å². The molecule has 0 aliphatic rings. The monoisotopic (exact) mass is 459 g/mol. The molecule has 1 aromatic heterocycles. The highest BCUT2D eigenvalue weighted by Gasteiger charge is 2.22. The third-order valence-corrected chi connectivity index (χ3v) is 6.32. The van der Waals surface area contributed by atoms with Crippen LogP contribution < -0.4 is 0 Å². The summed E-state index contributed by atoms with van der Waals surface area (Å²) in [5.41, 5.74) is 8.64. The summed E-state index contributed by atoms with van der Waals surface area (Å²) in [6.07, 6.45) is 6.09. The van der Waals surface area contributed by atoms with E-state index in [4.69, 9.17) is 0 Å². The lowest BCUT2D eigenvalue weighted by Crippen LogP contribution is -2.08. The topological polar surface area (TPSA) is 25.2 Å². The van der Waals surface area contributed by atoms with E-state index in [-0.39, 0.29) is 0 Å². The third kappa shape index (κ3) is 6.14. The maximum absolute atomic E-state index is 11.7. The number of benzene rings is 2. The van der Waals surface area contributed by atoms with Gasteiger partial charge in [-0.3, -0.25) is 4.57 Å². The lowest BCUT2D eigenvalue weighted by atomic mass is 9.87. The van der Waals surface area contributed by atoms with Crippen LogP contribution in [0, 0.1) is 23.7 Å². The zero-order valence-electron chi connectivity index (χ0n) is 22.7. The number of hydrogen-bond acceptors (Lipinski definition) is 1. The van der Waals surface area contributed by atoms with E-state index < -0.39 is 0 Å². The zero-order chi connectivity index (χ0) is 25.0. The number of aromatic nitrogens is 1. The van der Waals surface area contributed by atoms with E-state index in [0.717, 1.165) is 31.2 Å². The second-order valence-corrected chi connectivity index (χ2v) is 11.7. The molecular weight excluding hydrogens is 414 g/mol. The molecule has 0 spiro atoms. The average molecular weight is 460 g/mol. The summed E-state index contributed by atoms with van der Waals surface area (Å²) < 4.78 is 2.05. The molecule has 0 unspecified atom stereocenters. The Morgan fingerprint density at radius 2 is 0.971 bits per heavy atom. The number of hydrogen-bond donors (Lipinski definition) is 1. The molecule has 3 aromatic rings. The minimum absolute atomic E-state index is 0.363. The van der Waals surface area contributed by atoms with Gasteiger partial charge in [0.25, 0.3) is 0 Å². The van der Waals surface area contributed by atoms with Crippen molar-refractivity contribution in [2.75, 3.05) is 0 Å². The van der Waals surface area contributed by atoms with Crippen LogP contribution in [0.15, 0.2) is 48.7 Å². The van der Waals surface area contributed by atoms with Crippen LogP contribution in [-0.4, -0.2) is 9.67 Å². The lowest BCUT2D eigenvalue weighted by Gasteiger charge is -2.20. The summed E-state index contributed by atoms with van der Waals surface area (Å²) >= 11 is 0. The third-order valence-electron chi connectivity index (χ3n) is 6.32. The molecule has 0 amide bonds. The van der Waals surface area contributed by atoms with Crippen LogP contribution in [-0.2, 0) is 25.7 Å². The van der Waals surface area contributed by atoms with Gasteiger partial charge in [0.15, 0.2) is 0 Å². The Morgan fingerprint density at radius 1 is 0.588 bits per heavy atom. The van der Waals surface area contributed by atoms with Crippen molar-refractivity contribution in [3.8, 4) is 22.7 Å². The molecule has 2 heteroatoms. The first kappa shape index (κ1) is 26.1. The smallest absolute Gasteiger partial charge is 0.203 e. The Labute approximate surface area is 208 Å². The minimum Gasteiger partial charge on any atom is -0.494 e. The predicted molar refractivity (Wildman–Crippen MR) is 147 cm³/mol. The van der Waals surface area contributed by atoms with Gasteiger partial charge in [0.1, 0.15) is 0 Å². The van der Waals surface area contributed by atoms with Crippen molar-refractivity contribution in [2.24, 2.45) is 23.7 Å². The normalized spacial score (nSPS) is 12.0. The second kappa shape index (κ2) is 11.3. The molecule has 1 N–H and O–H groups in total. The van der Waals surface area contributed by atoms with Crippen LogP contribution >= 0.6 is 0 Å². The van der Waals surface area contributed by atoms with Crippen LogP contribution in [0.25, 0.3) is 16.8 Å². The van der Waals surface area contributed by atoms with Crippen molar-refractivity contribution < 1.29 is 5.11 Å². The Bertz CT molecular complexity index is 943. The van der Waals surface area contributed by atoms with E-state index in [1.807, 2.05) is 0 Å². The molecular formula is C32H45NO. The molecule has 0 aliphatic heterocycles. The van der Waals surface area contributed by atoms with Crippen LogP contribution in [0.1, 0.15) is 77.6 Å². The van der Waals surface area contributed by atoms with E-state index >= 15 is 0 Å². The first-order valence-corrected chi connectivity index (χ1v) is 13.2. The van der Waals surface area contributed by atoms with Crippen LogP contribution in [0.5, 0.6) is 5.88 Å². The highest BCUT2D eigenvalue weighted by molar-refractivity contribution is 5.77. The second-order valence-electron chi connectivity index (χ2n) is 11.7. The van der Waals surface area contributed by atoms with Crippen molar-refractivity contribution in [1.29, 1.82) is 0 Å². The summed E-state index contributed by atoms with van der Waals surface area (Å²) in [6.45, 7) is 18.1. The molecule has 3 rings (SSSR count). The number of rotatable bonds is 10. The van der Waals surface area contributed by atoms with Crippen molar-refractivity contribution in [3.63, 3.8) is 0 Å². The molecule has 0 saturated heterocycles. The zero-order valence-corrected chi connectivity index (χ0v) is 22.7. The van der Waals surface area contributed by atoms with E-state index in [2.05, 4.69) is 109 Å². The van der Waals surface area contributed by atoms with Gasteiger partial charge < -0.3 is 5.11 Å². The SMILES string of the molecule is CC(C)Cc1cccc(CC(C)C)c1-c1ccn(-c2c(CC(C)C)cccc2CC(C)C)c1O. The fourth-order valence-corrected chi connectivity index (χ4v) is 5.18. The molecule has 0 radical (unpaired) electrons. The molecule has 2 nitrogen and oxygen atoms in total. The highest BCUT2D eigenvalue weighted by Crippen LogP contribution is 2.40. The van der Waals surface area contributed by atoms with Crippen molar-refractivity contribution in [2.45, 2.75) is 81.1 Å². The molecule has 34 heavy (non-hydrogen) atoms. The van der Waals surface area contributed by atoms with E-state index in [1.54, 1.807) is 0 Å². The average Bonchev–Trinajstić information content (AvgIpc) is 3.07. The van der Waals surface area contributed by atoms with Crippen LogP contribution in [0.2, 0.25) is 0 Å². The fourth-order valence-electron chi connectivity index (χ4n) is 5.18. The van der Waals surface area contributed by atoms with Crippen molar-refractivity contribution >= 4 is 0 Å². The molecule has 0 saturated carbocycles. The standard InChI is InChI=1S/C32H45NO/c1-21(2)17-25-11-9-12-26(18-22(3)4)30(25)29-15-16-33(32(29)34)31-27(19-23(5)6)13-10-14-28(31)20-24(7)8/h9-16,21-24,34H,17-20H2,1-8H3. The van der Waals surface area contributed by atoms with Gasteiger partial charge in [0, 0.05) is 11.8 Å². The van der Waals surface area contributed by atoms with Gasteiger partial charge in [0.2, 0.25) is 5.88 Å². The molecule has 184 valence electrons. The minimum atomic E-state index is 0.363. The first-order valence-electron chi connectivity index (χ1n) is 13.2. The van der Waals surface area contributed by atoms with Gasteiger partial charge in [-0.2, -0.15) is 0 Å². The van der Waals surface area contributed by atoms with Gasteiger partial charge in [-0.05, 0) is 83.2 Å². The Kier molecular flexibility index (Phi) is 8.68. The molecule has 0 fully saturated rings. The fraction of sp³-hybridized carbons (Fsp3) is 0.500.